The van der Waals surface area contributed by atoms with Crippen molar-refractivity contribution in [2.45, 2.75) is 10.8 Å². The van der Waals surface area contributed by atoms with E-state index in [1.54, 1.807) is 6.92 Å². The Bertz CT molecular complexity index is 431. The van der Waals surface area contributed by atoms with Crippen molar-refractivity contribution >= 4 is 34.5 Å². The van der Waals surface area contributed by atoms with Crippen LogP contribution in [-0.2, 0) is 4.79 Å². The number of halogens is 2. The Balaban J connectivity index is 2.90. The van der Waals surface area contributed by atoms with Crippen LogP contribution in [0.3, 0.4) is 0 Å². The van der Waals surface area contributed by atoms with E-state index in [1.165, 1.54) is 6.07 Å². The lowest BCUT2D eigenvalue weighted by Crippen LogP contribution is -2.23. The van der Waals surface area contributed by atoms with Crippen LogP contribution in [0, 0.1) is 5.82 Å². The summed E-state index contributed by atoms with van der Waals surface area (Å²) in [4.78, 5) is 21.6. The van der Waals surface area contributed by atoms with Gasteiger partial charge in [-0.25, -0.2) is 4.39 Å². The molecular weight excluding hydrogens is 330 g/mol. The van der Waals surface area contributed by atoms with Gasteiger partial charge in [0.05, 0.1) is 5.97 Å². The van der Waals surface area contributed by atoms with E-state index in [-0.39, 0.29) is 9.67 Å². The molecule has 0 radical (unpaired) electrons. The molecule has 1 aromatic carbocycles. The van der Waals surface area contributed by atoms with Gasteiger partial charge in [0.2, 0.25) is 0 Å². The SMILES string of the molecule is CC(I)C(=O)Oc1ccc(C(=O)[O-])c(F)c1. The third kappa shape index (κ3) is 3.16. The standard InChI is InChI=1S/C10H8FIO4/c1-5(12)10(15)16-6-2-3-7(9(13)14)8(11)4-6/h2-5H,1H3,(H,13,14)/p-1. The molecule has 0 fully saturated rings. The Morgan fingerprint density at radius 3 is 2.56 bits per heavy atom. The molecule has 0 heterocycles. The fraction of sp³-hybridized carbons (Fsp3) is 0.200. The van der Waals surface area contributed by atoms with Crippen molar-refractivity contribution in [3.63, 3.8) is 0 Å². The largest absolute Gasteiger partial charge is 0.545 e. The van der Waals surface area contributed by atoms with Gasteiger partial charge in [-0.15, -0.1) is 0 Å². The first kappa shape index (κ1) is 12.9. The third-order valence-electron chi connectivity index (χ3n) is 1.70. The van der Waals surface area contributed by atoms with Gasteiger partial charge in [-0.05, 0) is 19.1 Å². The van der Waals surface area contributed by atoms with Crippen molar-refractivity contribution in [1.82, 2.24) is 0 Å². The predicted molar refractivity (Wildman–Crippen MR) is 59.8 cm³/mol. The molecular formula is C10H7FIO4-. The molecule has 1 atom stereocenters. The highest BCUT2D eigenvalue weighted by Gasteiger charge is 2.12. The molecule has 0 aliphatic carbocycles. The summed E-state index contributed by atoms with van der Waals surface area (Å²) in [6.07, 6.45) is 0. The van der Waals surface area contributed by atoms with Crippen LogP contribution >= 0.6 is 22.6 Å². The number of hydrogen-bond donors (Lipinski definition) is 0. The third-order valence-corrected chi connectivity index (χ3v) is 2.21. The van der Waals surface area contributed by atoms with Crippen LogP contribution in [-0.4, -0.2) is 15.9 Å². The smallest absolute Gasteiger partial charge is 0.323 e. The van der Waals surface area contributed by atoms with E-state index in [0.717, 1.165) is 12.1 Å². The van der Waals surface area contributed by atoms with Crippen molar-refractivity contribution in [1.29, 1.82) is 0 Å². The number of ether oxygens (including phenoxy) is 1. The lowest BCUT2D eigenvalue weighted by molar-refractivity contribution is -0.255. The zero-order chi connectivity index (χ0) is 12.3. The van der Waals surface area contributed by atoms with Gasteiger partial charge < -0.3 is 14.6 Å². The Morgan fingerprint density at radius 1 is 1.50 bits per heavy atom. The summed E-state index contributed by atoms with van der Waals surface area (Å²) in [5, 5.41) is 10.4. The molecule has 0 N–H and O–H groups in total. The summed E-state index contributed by atoms with van der Waals surface area (Å²) >= 11 is 1.85. The molecule has 0 aliphatic rings. The van der Waals surface area contributed by atoms with Gasteiger partial charge in [-0.3, -0.25) is 4.79 Å². The van der Waals surface area contributed by atoms with Gasteiger partial charge in [-0.2, -0.15) is 0 Å². The predicted octanol–water partition coefficient (Wildman–Crippen LogP) is 0.918. The minimum Gasteiger partial charge on any atom is -0.545 e. The van der Waals surface area contributed by atoms with Crippen molar-refractivity contribution in [2.75, 3.05) is 0 Å². The molecule has 86 valence electrons. The maximum absolute atomic E-state index is 13.1. The lowest BCUT2D eigenvalue weighted by Gasteiger charge is -2.08. The summed E-state index contributed by atoms with van der Waals surface area (Å²) in [6.45, 7) is 1.62. The molecule has 6 heteroatoms. The van der Waals surface area contributed by atoms with Crippen LogP contribution in [0.15, 0.2) is 18.2 Å². The van der Waals surface area contributed by atoms with E-state index in [1.807, 2.05) is 22.6 Å². The maximum Gasteiger partial charge on any atom is 0.323 e. The van der Waals surface area contributed by atoms with Gasteiger partial charge in [-0.1, -0.05) is 22.6 Å². The average Bonchev–Trinajstić information content (AvgIpc) is 2.16. The van der Waals surface area contributed by atoms with Gasteiger partial charge in [0.25, 0.3) is 0 Å². The van der Waals surface area contributed by atoms with Crippen molar-refractivity contribution < 1.29 is 23.8 Å². The highest BCUT2D eigenvalue weighted by Crippen LogP contribution is 2.17. The summed E-state index contributed by atoms with van der Waals surface area (Å²) in [6, 6.07) is 3.03. The van der Waals surface area contributed by atoms with E-state index in [4.69, 9.17) is 4.74 Å². The molecule has 0 amide bonds. The number of hydrogen-bond acceptors (Lipinski definition) is 4. The van der Waals surface area contributed by atoms with Crippen molar-refractivity contribution in [2.24, 2.45) is 0 Å². The van der Waals surface area contributed by atoms with Gasteiger partial charge in [0, 0.05) is 11.6 Å². The monoisotopic (exact) mass is 337 g/mol. The molecule has 0 bridgehead atoms. The van der Waals surface area contributed by atoms with Crippen molar-refractivity contribution in [3.8, 4) is 5.75 Å². The number of carboxylic acid groups (broad SMARTS) is 1. The summed E-state index contributed by atoms with van der Waals surface area (Å²) in [7, 11) is 0. The number of benzene rings is 1. The Morgan fingerprint density at radius 2 is 2.12 bits per heavy atom. The number of esters is 1. The molecule has 16 heavy (non-hydrogen) atoms. The topological polar surface area (TPSA) is 66.4 Å². The fourth-order valence-electron chi connectivity index (χ4n) is 0.922. The second-order valence-corrected chi connectivity index (χ2v) is 4.83. The lowest BCUT2D eigenvalue weighted by atomic mass is 10.2. The van der Waals surface area contributed by atoms with Crippen LogP contribution in [0.5, 0.6) is 5.75 Å². The average molecular weight is 337 g/mol. The Labute approximate surface area is 105 Å². The molecule has 0 saturated heterocycles. The molecule has 1 rings (SSSR count). The fourth-order valence-corrected chi connectivity index (χ4v) is 1.05. The number of rotatable bonds is 3. The number of carbonyl (C=O) groups is 2. The molecule has 0 saturated carbocycles. The number of aromatic carboxylic acids is 1. The normalized spacial score (nSPS) is 11.9. The van der Waals surface area contributed by atoms with E-state index in [9.17, 15) is 19.1 Å². The van der Waals surface area contributed by atoms with Crippen LogP contribution in [0.4, 0.5) is 4.39 Å². The number of carboxylic acids is 1. The maximum atomic E-state index is 13.1. The van der Waals surface area contributed by atoms with Crippen LogP contribution < -0.4 is 9.84 Å². The van der Waals surface area contributed by atoms with Crippen LogP contribution in [0.2, 0.25) is 0 Å². The van der Waals surface area contributed by atoms with Crippen LogP contribution in [0.25, 0.3) is 0 Å². The van der Waals surface area contributed by atoms with E-state index >= 15 is 0 Å². The van der Waals surface area contributed by atoms with E-state index in [0.29, 0.717) is 0 Å². The number of alkyl halides is 1. The summed E-state index contributed by atoms with van der Waals surface area (Å²) in [5.74, 6) is -3.17. The Kier molecular flexibility index (Phi) is 4.22. The molecule has 4 nitrogen and oxygen atoms in total. The van der Waals surface area contributed by atoms with Gasteiger partial charge >= 0.3 is 5.97 Å². The first-order chi connectivity index (χ1) is 7.41. The molecule has 1 unspecified atom stereocenters. The second kappa shape index (κ2) is 5.24. The highest BCUT2D eigenvalue weighted by atomic mass is 127. The van der Waals surface area contributed by atoms with Gasteiger partial charge in [0.15, 0.2) is 0 Å². The minimum absolute atomic E-state index is 0.0315. The van der Waals surface area contributed by atoms with E-state index < -0.39 is 23.3 Å². The van der Waals surface area contributed by atoms with Gasteiger partial charge in [0.1, 0.15) is 15.5 Å². The molecule has 0 aliphatic heterocycles. The second-order valence-electron chi connectivity index (χ2n) is 2.97. The quantitative estimate of drug-likeness (QED) is 0.356. The zero-order valence-corrected chi connectivity index (χ0v) is 10.4. The first-order valence-electron chi connectivity index (χ1n) is 4.28. The number of carbonyl (C=O) groups excluding carboxylic acids is 2. The Hall–Kier alpha value is -1.18. The summed E-state index contributed by atoms with van der Waals surface area (Å²) in [5.41, 5.74) is -0.567. The van der Waals surface area contributed by atoms with Crippen molar-refractivity contribution in [3.05, 3.63) is 29.6 Å². The first-order valence-corrected chi connectivity index (χ1v) is 5.53. The van der Waals surface area contributed by atoms with Crippen LogP contribution in [0.1, 0.15) is 17.3 Å². The highest BCUT2D eigenvalue weighted by molar-refractivity contribution is 14.1. The molecule has 0 aromatic heterocycles. The summed E-state index contributed by atoms with van der Waals surface area (Å²) < 4.78 is 17.6. The minimum atomic E-state index is -1.61. The molecule has 0 spiro atoms. The molecule has 1 aromatic rings. The zero-order valence-electron chi connectivity index (χ0n) is 8.20. The van der Waals surface area contributed by atoms with E-state index in [2.05, 4.69) is 0 Å².